The maximum absolute atomic E-state index is 5.06. The molecule has 16 heteroatoms. The number of hydrogen-bond donors (Lipinski definition) is 0. The topological polar surface area (TPSA) is 111 Å². The summed E-state index contributed by atoms with van der Waals surface area (Å²) in [6, 6.07) is 40.0. The normalized spacial score (nSPS) is 8.67. The van der Waals surface area contributed by atoms with E-state index in [0.29, 0.717) is 106 Å². The average molecular weight is 825 g/mol. The predicted octanol–water partition coefficient (Wildman–Crippen LogP) is -5.18. The Labute approximate surface area is 413 Å². The van der Waals surface area contributed by atoms with Crippen molar-refractivity contribution in [3.8, 4) is 0 Å². The summed E-state index contributed by atoms with van der Waals surface area (Å²) in [5.74, 6) is 0. The Bertz CT molecular complexity index is 734. The van der Waals surface area contributed by atoms with Gasteiger partial charge >= 0.3 is 75.4 Å². The van der Waals surface area contributed by atoms with Crippen LogP contribution >= 0.6 is 0 Å². The van der Waals surface area contributed by atoms with E-state index in [-0.39, 0.29) is 75.4 Å². The van der Waals surface area contributed by atoms with Crippen LogP contribution in [0.3, 0.4) is 0 Å². The Kier molecular flexibility index (Phi) is 109. The Morgan fingerprint density at radius 1 is 0.217 bits per heavy atom. The van der Waals surface area contributed by atoms with Gasteiger partial charge in [0.05, 0.1) is 106 Å². The van der Waals surface area contributed by atoms with Gasteiger partial charge in [0.2, 0.25) is 0 Å². The molecule has 0 amide bonds. The van der Waals surface area contributed by atoms with E-state index >= 15 is 0 Å². The monoisotopic (exact) mass is 825 g/mol. The van der Waals surface area contributed by atoms with Crippen molar-refractivity contribution in [2.24, 2.45) is 0 Å². The third kappa shape index (κ3) is 96.9. The van der Waals surface area contributed by atoms with Crippen molar-refractivity contribution < 1.29 is 132 Å². The van der Waals surface area contributed by atoms with Gasteiger partial charge in [-0.1, -0.05) is 0 Å². The quantitative estimate of drug-likeness (QED) is 0.0383. The van der Waals surface area contributed by atoms with E-state index in [1.165, 1.54) is 0 Å². The third-order valence-electron chi connectivity index (χ3n) is 5.68. The van der Waals surface area contributed by atoms with Crippen molar-refractivity contribution >= 4 is 0 Å². The van der Waals surface area contributed by atoms with E-state index in [1.54, 1.807) is 56.9 Å². The van der Waals surface area contributed by atoms with E-state index in [0.717, 1.165) is 0 Å². The van der Waals surface area contributed by atoms with Crippen LogP contribution in [0.1, 0.15) is 0 Å². The smallest absolute Gasteiger partial charge is 0.382 e. The van der Waals surface area contributed by atoms with Crippen LogP contribution in [0.4, 0.5) is 0 Å². The first-order valence-electron chi connectivity index (χ1n) is 18.6. The van der Waals surface area contributed by atoms with Gasteiger partial charge in [0.1, 0.15) is 0 Å². The van der Waals surface area contributed by atoms with Gasteiger partial charge in [-0.15, -0.1) is 0 Å². The van der Waals surface area contributed by atoms with Gasteiger partial charge in [-0.3, -0.25) is 0 Å². The van der Waals surface area contributed by atoms with Gasteiger partial charge < -0.3 is 56.8 Å². The summed E-state index contributed by atoms with van der Waals surface area (Å²) in [6.45, 7) is 10.5. The van der Waals surface area contributed by atoms with Gasteiger partial charge in [0.15, 0.2) is 0 Å². The molecule has 0 unspecified atom stereocenters. The summed E-state index contributed by atoms with van der Waals surface area (Å²) < 4.78 is 58.3. The van der Waals surface area contributed by atoms with Crippen LogP contribution < -0.4 is 75.4 Å². The van der Waals surface area contributed by atoms with Crippen molar-refractivity contribution in [2.45, 2.75) is 0 Å². The van der Waals surface area contributed by atoms with E-state index in [1.807, 2.05) is 121 Å². The zero-order chi connectivity index (χ0) is 41.9. The summed E-state index contributed by atoms with van der Waals surface area (Å²) in [7, 11) is 13.2. The molecule has 0 aliphatic carbocycles. The molecular formula is C44H76Li4O12. The first kappa shape index (κ1) is 76.6. The van der Waals surface area contributed by atoms with E-state index < -0.39 is 0 Å². The fraction of sp³-hybridized carbons (Fsp3) is 0.545. The second-order valence-electron chi connectivity index (χ2n) is 10.2. The molecule has 0 radical (unpaired) electrons. The minimum Gasteiger partial charge on any atom is -0.382 e. The van der Waals surface area contributed by atoms with Gasteiger partial charge in [-0.05, 0) is 0 Å². The molecule has 0 N–H and O–H groups in total. The summed E-state index contributed by atoms with van der Waals surface area (Å²) in [4.78, 5) is 0. The van der Waals surface area contributed by atoms with Crippen LogP contribution in [0.15, 0.2) is 121 Å². The number of hydrogen-bond acceptors (Lipinski definition) is 12. The van der Waals surface area contributed by atoms with Crippen LogP contribution in [0.5, 0.6) is 0 Å². The molecule has 0 spiro atoms. The minimum absolute atomic E-state index is 0. The maximum Gasteiger partial charge on any atom is 1.00 e. The van der Waals surface area contributed by atoms with Crippen LogP contribution in [0.25, 0.3) is 0 Å². The molecule has 0 bridgehead atoms. The predicted molar refractivity (Wildman–Crippen MR) is 226 cm³/mol. The molecule has 328 valence electrons. The number of rotatable bonds is 24. The molecule has 4 aromatic carbocycles. The first-order chi connectivity index (χ1) is 27.7. The first-order valence-corrected chi connectivity index (χ1v) is 18.6. The van der Waals surface area contributed by atoms with Crippen molar-refractivity contribution in [2.75, 3.05) is 163 Å². The largest absolute Gasteiger partial charge is 1.00 e. The average Bonchev–Trinajstić information content (AvgIpc) is 4.09. The van der Waals surface area contributed by atoms with Crippen molar-refractivity contribution in [3.05, 3.63) is 121 Å². The molecule has 4 rings (SSSR count). The summed E-state index contributed by atoms with van der Waals surface area (Å²) in [6.07, 6.45) is 0. The Balaban J connectivity index is -0.0000000859. The molecule has 0 saturated heterocycles. The summed E-state index contributed by atoms with van der Waals surface area (Å²) in [5.41, 5.74) is 0. The van der Waals surface area contributed by atoms with Crippen LogP contribution in [0, 0.1) is 0 Å². The summed E-state index contributed by atoms with van der Waals surface area (Å²) >= 11 is 0. The molecule has 60 heavy (non-hydrogen) atoms. The fourth-order valence-electron chi connectivity index (χ4n) is 2.83. The van der Waals surface area contributed by atoms with Crippen molar-refractivity contribution in [1.82, 2.24) is 0 Å². The second kappa shape index (κ2) is 85.6. The Morgan fingerprint density at radius 2 is 0.333 bits per heavy atom. The molecule has 0 heterocycles. The zero-order valence-electron chi connectivity index (χ0n) is 39.8. The number of methoxy groups -OCH3 is 8. The van der Waals surface area contributed by atoms with E-state index in [9.17, 15) is 0 Å². The summed E-state index contributed by atoms with van der Waals surface area (Å²) in [5, 5.41) is 0. The number of ether oxygens (including phenoxy) is 12. The van der Waals surface area contributed by atoms with Crippen molar-refractivity contribution in [1.29, 1.82) is 0 Å². The van der Waals surface area contributed by atoms with Crippen LogP contribution in [0.2, 0.25) is 0 Å². The third-order valence-corrected chi connectivity index (χ3v) is 5.68. The molecular weight excluding hydrogens is 748 g/mol. The Hall–Kier alpha value is -0.690. The standard InChI is InChI=1S/4C6H14O3.4C5H5.4Li/c4*1-7-3-5-9-6-4-8-2;4*1-2-4-5-3-1;;;;/h4*3-6H2,1-2H3;4*1-5H;;;;/q;;;;4*-1;4*+1. The minimum atomic E-state index is 0. The molecule has 0 aliphatic rings. The van der Waals surface area contributed by atoms with E-state index in [4.69, 9.17) is 56.8 Å². The van der Waals surface area contributed by atoms with Gasteiger partial charge in [-0.25, -0.2) is 48.5 Å². The molecule has 0 atom stereocenters. The van der Waals surface area contributed by atoms with Crippen molar-refractivity contribution in [3.63, 3.8) is 0 Å². The zero-order valence-corrected chi connectivity index (χ0v) is 39.8. The molecule has 0 saturated carbocycles. The van der Waals surface area contributed by atoms with E-state index in [2.05, 4.69) is 0 Å². The molecule has 0 aromatic heterocycles. The van der Waals surface area contributed by atoms with Crippen LogP contribution in [-0.2, 0) is 56.8 Å². The SMILES string of the molecule is COCCOCCOC.COCCOCCOC.COCCOCCOC.COCCOCCOC.[Li+].[Li+].[Li+].[Li+].c1cc[cH-]c1.c1cc[cH-]c1.c1cc[cH-]c1.c1cc[cH-]c1. The van der Waals surface area contributed by atoms with Crippen LogP contribution in [-0.4, -0.2) is 163 Å². The molecule has 4 aromatic rings. The Morgan fingerprint density at radius 3 is 0.400 bits per heavy atom. The maximum atomic E-state index is 5.06. The molecule has 0 aliphatic heterocycles. The molecule has 0 fully saturated rings. The molecule has 12 nitrogen and oxygen atoms in total. The second-order valence-corrected chi connectivity index (χ2v) is 10.2. The van der Waals surface area contributed by atoms with Gasteiger partial charge in [0, 0.05) is 56.9 Å². The van der Waals surface area contributed by atoms with Gasteiger partial charge in [-0.2, -0.15) is 72.8 Å². The fourth-order valence-corrected chi connectivity index (χ4v) is 2.83. The van der Waals surface area contributed by atoms with Gasteiger partial charge in [0.25, 0.3) is 0 Å².